The highest BCUT2D eigenvalue weighted by molar-refractivity contribution is 5.79. The summed E-state index contributed by atoms with van der Waals surface area (Å²) in [6.07, 6.45) is 10.9. The minimum atomic E-state index is 0.307. The first-order valence-corrected chi connectivity index (χ1v) is 8.84. The van der Waals surface area contributed by atoms with E-state index in [1.165, 1.54) is 25.7 Å². The number of aliphatic imine (C=N–C) groups is 1. The van der Waals surface area contributed by atoms with Crippen molar-refractivity contribution >= 4 is 5.96 Å². The van der Waals surface area contributed by atoms with Crippen molar-refractivity contribution in [3.63, 3.8) is 0 Å². The molecule has 2 N–H and O–H groups in total. The highest BCUT2D eigenvalue weighted by Crippen LogP contribution is 2.22. The predicted octanol–water partition coefficient (Wildman–Crippen LogP) is 2.83. The molecule has 23 heavy (non-hydrogen) atoms. The minimum Gasteiger partial charge on any atom is -0.356 e. The van der Waals surface area contributed by atoms with Gasteiger partial charge >= 0.3 is 0 Å². The first-order chi connectivity index (χ1) is 11.1. The van der Waals surface area contributed by atoms with Crippen LogP contribution in [0.15, 0.2) is 17.6 Å². The molecule has 0 fully saturated rings. The molecule has 0 radical (unpaired) electrons. The molecule has 0 aliphatic carbocycles. The Bertz CT molecular complexity index is 424. The topological polar surface area (TPSA) is 67.1 Å². The predicted molar refractivity (Wildman–Crippen MR) is 96.5 cm³/mol. The molecule has 0 spiro atoms. The standard InChI is InChI=1S/C17H34N6/c1-5-6-7-10-17(2,3)13-20-16(18-4)19-11-8-9-12-23-14-21-22-15-23/h14-15H,5-13H2,1-4H3,(H2,18,19,20). The summed E-state index contributed by atoms with van der Waals surface area (Å²) < 4.78 is 2.01. The Morgan fingerprint density at radius 2 is 1.83 bits per heavy atom. The number of aryl methyl sites for hydroxylation is 1. The van der Waals surface area contributed by atoms with E-state index in [0.717, 1.165) is 38.4 Å². The van der Waals surface area contributed by atoms with Gasteiger partial charge in [-0.15, -0.1) is 10.2 Å². The van der Waals surface area contributed by atoms with Crippen molar-refractivity contribution in [2.75, 3.05) is 20.1 Å². The van der Waals surface area contributed by atoms with Gasteiger partial charge in [0.25, 0.3) is 0 Å². The number of guanidine groups is 1. The van der Waals surface area contributed by atoms with Crippen LogP contribution in [0.2, 0.25) is 0 Å². The molecule has 0 amide bonds. The number of nitrogens with one attached hydrogen (secondary N) is 2. The lowest BCUT2D eigenvalue weighted by Crippen LogP contribution is -2.42. The molecule has 0 bridgehead atoms. The van der Waals surface area contributed by atoms with Crippen LogP contribution in [0.4, 0.5) is 0 Å². The maximum atomic E-state index is 4.30. The van der Waals surface area contributed by atoms with Gasteiger partial charge in [-0.3, -0.25) is 4.99 Å². The van der Waals surface area contributed by atoms with Crippen LogP contribution in [0.1, 0.15) is 59.3 Å². The van der Waals surface area contributed by atoms with Crippen molar-refractivity contribution in [1.82, 2.24) is 25.4 Å². The van der Waals surface area contributed by atoms with Crippen molar-refractivity contribution in [3.05, 3.63) is 12.7 Å². The summed E-state index contributed by atoms with van der Waals surface area (Å²) in [4.78, 5) is 4.30. The van der Waals surface area contributed by atoms with E-state index < -0.39 is 0 Å². The number of hydrogen-bond acceptors (Lipinski definition) is 3. The van der Waals surface area contributed by atoms with E-state index in [4.69, 9.17) is 0 Å². The van der Waals surface area contributed by atoms with Gasteiger partial charge in [0.1, 0.15) is 12.7 Å². The van der Waals surface area contributed by atoms with Crippen LogP contribution in [0.25, 0.3) is 0 Å². The molecule has 0 unspecified atom stereocenters. The van der Waals surface area contributed by atoms with E-state index in [1.807, 2.05) is 11.6 Å². The van der Waals surface area contributed by atoms with Crippen LogP contribution >= 0.6 is 0 Å². The van der Waals surface area contributed by atoms with Crippen LogP contribution < -0.4 is 10.6 Å². The van der Waals surface area contributed by atoms with E-state index in [0.29, 0.717) is 5.41 Å². The lowest BCUT2D eigenvalue weighted by atomic mass is 9.87. The number of nitrogens with zero attached hydrogens (tertiary/aromatic N) is 4. The molecule has 6 heteroatoms. The molecule has 1 aromatic heterocycles. The zero-order valence-corrected chi connectivity index (χ0v) is 15.3. The molecule has 1 rings (SSSR count). The average molecular weight is 323 g/mol. The number of hydrogen-bond donors (Lipinski definition) is 2. The van der Waals surface area contributed by atoms with E-state index in [2.05, 4.69) is 46.6 Å². The Morgan fingerprint density at radius 3 is 2.48 bits per heavy atom. The Kier molecular flexibility index (Phi) is 9.33. The molecule has 0 saturated heterocycles. The molecule has 1 aromatic rings. The van der Waals surface area contributed by atoms with Gasteiger partial charge in [-0.05, 0) is 24.7 Å². The Balaban J connectivity index is 2.13. The molecule has 0 aliphatic heterocycles. The van der Waals surface area contributed by atoms with Gasteiger partial charge in [0, 0.05) is 26.7 Å². The number of rotatable bonds is 11. The van der Waals surface area contributed by atoms with Gasteiger partial charge in [-0.1, -0.05) is 40.0 Å². The van der Waals surface area contributed by atoms with Gasteiger partial charge in [-0.2, -0.15) is 0 Å². The third-order valence-electron chi connectivity index (χ3n) is 4.02. The Morgan fingerprint density at radius 1 is 1.09 bits per heavy atom. The quantitative estimate of drug-likeness (QED) is 0.373. The fourth-order valence-corrected chi connectivity index (χ4v) is 2.45. The molecule has 0 aromatic carbocycles. The Labute approximate surface area is 141 Å². The maximum absolute atomic E-state index is 4.30. The summed E-state index contributed by atoms with van der Waals surface area (Å²) in [7, 11) is 1.83. The van der Waals surface area contributed by atoms with Gasteiger partial charge in [-0.25, -0.2) is 0 Å². The summed E-state index contributed by atoms with van der Waals surface area (Å²) in [6, 6.07) is 0. The average Bonchev–Trinajstić information content (AvgIpc) is 3.03. The van der Waals surface area contributed by atoms with Crippen LogP contribution in [-0.4, -0.2) is 40.9 Å². The van der Waals surface area contributed by atoms with Crippen molar-refractivity contribution in [1.29, 1.82) is 0 Å². The SMILES string of the molecule is CCCCCC(C)(C)CNC(=NC)NCCCCn1cnnc1. The minimum absolute atomic E-state index is 0.307. The second-order valence-corrected chi connectivity index (χ2v) is 6.88. The lowest BCUT2D eigenvalue weighted by Gasteiger charge is -2.26. The number of unbranched alkanes of at least 4 members (excludes halogenated alkanes) is 3. The number of aromatic nitrogens is 3. The smallest absolute Gasteiger partial charge is 0.190 e. The normalized spacial score (nSPS) is 12.4. The second-order valence-electron chi connectivity index (χ2n) is 6.88. The van der Waals surface area contributed by atoms with Crippen LogP contribution in [0.3, 0.4) is 0 Å². The fraction of sp³-hybridized carbons (Fsp3) is 0.824. The van der Waals surface area contributed by atoms with Crippen LogP contribution in [-0.2, 0) is 6.54 Å². The third-order valence-corrected chi connectivity index (χ3v) is 4.02. The summed E-state index contributed by atoms with van der Waals surface area (Å²) in [5.41, 5.74) is 0.307. The van der Waals surface area contributed by atoms with Gasteiger partial charge in [0.15, 0.2) is 5.96 Å². The van der Waals surface area contributed by atoms with Crippen LogP contribution in [0.5, 0.6) is 0 Å². The van der Waals surface area contributed by atoms with E-state index in [1.54, 1.807) is 12.7 Å². The van der Waals surface area contributed by atoms with Crippen molar-refractivity contribution in [2.24, 2.45) is 10.4 Å². The van der Waals surface area contributed by atoms with Gasteiger partial charge in [0.05, 0.1) is 0 Å². The maximum Gasteiger partial charge on any atom is 0.190 e. The highest BCUT2D eigenvalue weighted by atomic mass is 15.2. The largest absolute Gasteiger partial charge is 0.356 e. The zero-order valence-electron chi connectivity index (χ0n) is 15.3. The highest BCUT2D eigenvalue weighted by Gasteiger charge is 2.17. The van der Waals surface area contributed by atoms with Gasteiger partial charge < -0.3 is 15.2 Å². The third kappa shape index (κ3) is 9.21. The molecular formula is C17H34N6. The molecule has 6 nitrogen and oxygen atoms in total. The van der Waals surface area contributed by atoms with Crippen molar-refractivity contribution < 1.29 is 0 Å². The van der Waals surface area contributed by atoms with Crippen LogP contribution in [0, 0.1) is 5.41 Å². The molecule has 0 saturated carbocycles. The summed E-state index contributed by atoms with van der Waals surface area (Å²) in [5, 5.41) is 14.5. The summed E-state index contributed by atoms with van der Waals surface area (Å²) in [6.45, 7) is 9.74. The molecule has 1 heterocycles. The van der Waals surface area contributed by atoms with E-state index in [9.17, 15) is 0 Å². The van der Waals surface area contributed by atoms with Gasteiger partial charge in [0.2, 0.25) is 0 Å². The first kappa shape index (κ1) is 19.5. The Hall–Kier alpha value is -1.59. The monoisotopic (exact) mass is 322 g/mol. The first-order valence-electron chi connectivity index (χ1n) is 8.84. The van der Waals surface area contributed by atoms with E-state index >= 15 is 0 Å². The molecular weight excluding hydrogens is 288 g/mol. The fourth-order valence-electron chi connectivity index (χ4n) is 2.45. The van der Waals surface area contributed by atoms with E-state index in [-0.39, 0.29) is 0 Å². The summed E-state index contributed by atoms with van der Waals surface area (Å²) >= 11 is 0. The lowest BCUT2D eigenvalue weighted by molar-refractivity contribution is 0.318. The molecule has 0 atom stereocenters. The second kappa shape index (κ2) is 11.0. The molecule has 0 aliphatic rings. The molecule has 132 valence electrons. The van der Waals surface area contributed by atoms with Crippen molar-refractivity contribution in [3.8, 4) is 0 Å². The zero-order chi connectivity index (χ0) is 17.0. The van der Waals surface area contributed by atoms with Crippen molar-refractivity contribution in [2.45, 2.75) is 65.8 Å². The summed E-state index contributed by atoms with van der Waals surface area (Å²) in [5.74, 6) is 0.901.